The summed E-state index contributed by atoms with van der Waals surface area (Å²) >= 11 is 3.34. The van der Waals surface area contributed by atoms with Crippen LogP contribution in [-0.4, -0.2) is 21.8 Å². The van der Waals surface area contributed by atoms with E-state index in [9.17, 15) is 9.90 Å². The largest absolute Gasteiger partial charge is 0.479 e. The highest BCUT2D eigenvalue weighted by atomic mass is 79.9. The van der Waals surface area contributed by atoms with Gasteiger partial charge in [0.15, 0.2) is 5.60 Å². The molecule has 0 saturated carbocycles. The number of halogens is 1. The van der Waals surface area contributed by atoms with E-state index < -0.39 is 11.6 Å². The minimum Gasteiger partial charge on any atom is -0.479 e. The number of fused-ring (bicyclic) bond motifs is 1. The second kappa shape index (κ2) is 3.61. The van der Waals surface area contributed by atoms with Crippen LogP contribution in [0.15, 0.2) is 22.7 Å². The zero-order valence-corrected chi connectivity index (χ0v) is 9.62. The number of carbonyl (C=O) groups is 1. The maximum absolute atomic E-state index is 10.9. The van der Waals surface area contributed by atoms with Crippen LogP contribution in [0.1, 0.15) is 17.5 Å². The first-order chi connectivity index (χ1) is 7.01. The average Bonchev–Trinajstić information content (AvgIpc) is 2.16. The smallest absolute Gasteiger partial charge is 0.336 e. The number of aryl methyl sites for hydroxylation is 1. The Morgan fingerprint density at radius 3 is 2.80 bits per heavy atom. The van der Waals surface area contributed by atoms with E-state index in [2.05, 4.69) is 15.9 Å². The highest BCUT2D eigenvalue weighted by Gasteiger charge is 2.39. The number of hydrogen-bond acceptors (Lipinski definition) is 2. The lowest BCUT2D eigenvalue weighted by atomic mass is 9.80. The fraction of sp³-hybridized carbons (Fsp3) is 0.364. The Labute approximate surface area is 95.9 Å². The van der Waals surface area contributed by atoms with Crippen LogP contribution in [0.4, 0.5) is 0 Å². The summed E-state index contributed by atoms with van der Waals surface area (Å²) in [5, 5.41) is 18.8. The second-order valence-electron chi connectivity index (χ2n) is 3.93. The average molecular weight is 271 g/mol. The highest BCUT2D eigenvalue weighted by Crippen LogP contribution is 2.30. The molecule has 80 valence electrons. The molecular formula is C11H11BrO3. The minimum absolute atomic E-state index is 0.192. The Hall–Kier alpha value is -0.870. The van der Waals surface area contributed by atoms with E-state index >= 15 is 0 Å². The third-order valence-corrected chi connectivity index (χ3v) is 3.35. The maximum atomic E-state index is 10.9. The molecule has 1 aliphatic rings. The van der Waals surface area contributed by atoms with Crippen LogP contribution < -0.4 is 0 Å². The molecular weight excluding hydrogens is 260 g/mol. The molecule has 0 bridgehead atoms. The van der Waals surface area contributed by atoms with E-state index in [4.69, 9.17) is 5.11 Å². The summed E-state index contributed by atoms with van der Waals surface area (Å²) in [6, 6.07) is 5.78. The van der Waals surface area contributed by atoms with Crippen molar-refractivity contribution < 1.29 is 15.0 Å². The van der Waals surface area contributed by atoms with E-state index in [1.54, 1.807) is 0 Å². The number of rotatable bonds is 1. The number of carboxylic acid groups (broad SMARTS) is 1. The molecule has 4 heteroatoms. The van der Waals surface area contributed by atoms with Crippen molar-refractivity contribution in [1.82, 2.24) is 0 Å². The van der Waals surface area contributed by atoms with Gasteiger partial charge in [-0.05, 0) is 36.1 Å². The van der Waals surface area contributed by atoms with Crippen molar-refractivity contribution in [2.24, 2.45) is 0 Å². The third-order valence-electron chi connectivity index (χ3n) is 2.86. The molecule has 0 fully saturated rings. The van der Waals surface area contributed by atoms with Gasteiger partial charge in [0.1, 0.15) is 0 Å². The van der Waals surface area contributed by atoms with E-state index in [1.165, 1.54) is 0 Å². The van der Waals surface area contributed by atoms with Gasteiger partial charge in [-0.25, -0.2) is 4.79 Å². The van der Waals surface area contributed by atoms with Crippen LogP contribution in [0, 0.1) is 0 Å². The third kappa shape index (κ3) is 1.92. The highest BCUT2D eigenvalue weighted by molar-refractivity contribution is 9.10. The van der Waals surface area contributed by atoms with Crippen LogP contribution in [0.2, 0.25) is 0 Å². The van der Waals surface area contributed by atoms with Crippen LogP contribution >= 0.6 is 15.9 Å². The van der Waals surface area contributed by atoms with Crippen molar-refractivity contribution >= 4 is 21.9 Å². The van der Waals surface area contributed by atoms with Gasteiger partial charge in [-0.15, -0.1) is 0 Å². The summed E-state index contributed by atoms with van der Waals surface area (Å²) in [7, 11) is 0. The fourth-order valence-corrected chi connectivity index (χ4v) is 2.34. The Bertz CT molecular complexity index is 416. The Balaban J connectivity index is 2.37. The first-order valence-electron chi connectivity index (χ1n) is 4.74. The molecule has 1 atom stereocenters. The van der Waals surface area contributed by atoms with Crippen LogP contribution in [0.3, 0.4) is 0 Å². The number of carboxylic acids is 1. The first-order valence-corrected chi connectivity index (χ1v) is 5.54. The van der Waals surface area contributed by atoms with Gasteiger partial charge >= 0.3 is 5.97 Å². The van der Waals surface area contributed by atoms with E-state index in [1.807, 2.05) is 18.2 Å². The molecule has 0 spiro atoms. The predicted octanol–water partition coefficient (Wildman–Crippen LogP) is 1.75. The van der Waals surface area contributed by atoms with Crippen molar-refractivity contribution in [1.29, 1.82) is 0 Å². The molecule has 2 N–H and O–H groups in total. The molecule has 1 aliphatic carbocycles. The van der Waals surface area contributed by atoms with Crippen molar-refractivity contribution in [2.75, 3.05) is 0 Å². The zero-order valence-electron chi connectivity index (χ0n) is 8.03. The molecule has 3 nitrogen and oxygen atoms in total. The molecule has 15 heavy (non-hydrogen) atoms. The Morgan fingerprint density at radius 1 is 1.40 bits per heavy atom. The summed E-state index contributed by atoms with van der Waals surface area (Å²) in [5.74, 6) is -1.13. The molecule has 0 radical (unpaired) electrons. The standard InChI is InChI=1S/C11H11BrO3/c12-9-2-1-7-3-4-11(15,10(13)14)6-8(7)5-9/h1-2,5,15H,3-4,6H2,(H,13,14). The topological polar surface area (TPSA) is 57.5 Å². The number of benzene rings is 1. The number of hydrogen-bond donors (Lipinski definition) is 2. The lowest BCUT2D eigenvalue weighted by Crippen LogP contribution is -2.43. The van der Waals surface area contributed by atoms with Gasteiger partial charge in [0, 0.05) is 10.9 Å². The van der Waals surface area contributed by atoms with Gasteiger partial charge in [-0.2, -0.15) is 0 Å². The zero-order chi connectivity index (χ0) is 11.1. The van der Waals surface area contributed by atoms with Gasteiger partial charge in [0.25, 0.3) is 0 Å². The lowest BCUT2D eigenvalue weighted by Gasteiger charge is -2.29. The van der Waals surface area contributed by atoms with Gasteiger partial charge in [0.05, 0.1) is 0 Å². The van der Waals surface area contributed by atoms with Crippen molar-refractivity contribution in [3.63, 3.8) is 0 Å². The van der Waals surface area contributed by atoms with Gasteiger partial charge in [-0.1, -0.05) is 22.0 Å². The Kier molecular flexibility index (Phi) is 2.56. The van der Waals surface area contributed by atoms with Crippen LogP contribution in [0.25, 0.3) is 0 Å². The molecule has 0 aliphatic heterocycles. The molecule has 0 aromatic heterocycles. The molecule has 0 saturated heterocycles. The van der Waals surface area contributed by atoms with Crippen molar-refractivity contribution in [2.45, 2.75) is 24.9 Å². The van der Waals surface area contributed by atoms with Crippen LogP contribution in [-0.2, 0) is 17.6 Å². The van der Waals surface area contributed by atoms with E-state index in [0.29, 0.717) is 6.42 Å². The maximum Gasteiger partial charge on any atom is 0.336 e. The Morgan fingerprint density at radius 2 is 2.13 bits per heavy atom. The summed E-state index contributed by atoms with van der Waals surface area (Å²) in [4.78, 5) is 10.9. The van der Waals surface area contributed by atoms with Crippen molar-refractivity contribution in [3.05, 3.63) is 33.8 Å². The fourth-order valence-electron chi connectivity index (χ4n) is 1.93. The van der Waals surface area contributed by atoms with Gasteiger partial charge in [0.2, 0.25) is 0 Å². The summed E-state index contributed by atoms with van der Waals surface area (Å²) in [5.41, 5.74) is 0.456. The van der Waals surface area contributed by atoms with E-state index in [-0.39, 0.29) is 12.8 Å². The molecule has 1 aromatic carbocycles. The predicted molar refractivity (Wildman–Crippen MR) is 58.8 cm³/mol. The number of aliphatic carboxylic acids is 1. The second-order valence-corrected chi connectivity index (χ2v) is 4.84. The van der Waals surface area contributed by atoms with E-state index in [0.717, 1.165) is 15.6 Å². The molecule has 0 amide bonds. The SMILES string of the molecule is O=C(O)C1(O)CCc2ccc(Br)cc2C1. The normalized spacial score (nSPS) is 24.7. The van der Waals surface area contributed by atoms with Gasteiger partial charge < -0.3 is 10.2 Å². The summed E-state index contributed by atoms with van der Waals surface area (Å²) in [6.07, 6.45) is 1.10. The molecule has 1 unspecified atom stereocenters. The first kappa shape index (κ1) is 10.6. The molecule has 1 aromatic rings. The van der Waals surface area contributed by atoms with Crippen LogP contribution in [0.5, 0.6) is 0 Å². The summed E-state index contributed by atoms with van der Waals surface area (Å²) < 4.78 is 0.913. The lowest BCUT2D eigenvalue weighted by molar-refractivity contribution is -0.159. The number of aliphatic hydroxyl groups is 1. The summed E-state index contributed by atoms with van der Waals surface area (Å²) in [6.45, 7) is 0. The van der Waals surface area contributed by atoms with Gasteiger partial charge in [-0.3, -0.25) is 0 Å². The molecule has 0 heterocycles. The minimum atomic E-state index is -1.59. The molecule has 2 rings (SSSR count). The quantitative estimate of drug-likeness (QED) is 0.818. The van der Waals surface area contributed by atoms with Crippen molar-refractivity contribution in [3.8, 4) is 0 Å². The monoisotopic (exact) mass is 270 g/mol.